The maximum atomic E-state index is 12.7. The molecule has 0 saturated heterocycles. The van der Waals surface area contributed by atoms with Crippen molar-refractivity contribution in [3.63, 3.8) is 0 Å². The van der Waals surface area contributed by atoms with E-state index >= 15 is 0 Å². The minimum absolute atomic E-state index is 0.0275. The molecule has 0 atom stereocenters. The van der Waals surface area contributed by atoms with Gasteiger partial charge in [0.2, 0.25) is 10.0 Å². The number of nitrogens with one attached hydrogen (secondary N) is 1. The van der Waals surface area contributed by atoms with Gasteiger partial charge < -0.3 is 0 Å². The van der Waals surface area contributed by atoms with Gasteiger partial charge in [-0.25, -0.2) is 17.5 Å². The summed E-state index contributed by atoms with van der Waals surface area (Å²) in [7, 11) is -3.92. The van der Waals surface area contributed by atoms with Crippen LogP contribution in [-0.2, 0) is 10.0 Å². The van der Waals surface area contributed by atoms with E-state index < -0.39 is 32.9 Å². The molecular weight excluding hydrogens is 271 g/mol. The van der Waals surface area contributed by atoms with Crippen molar-refractivity contribution in [2.45, 2.75) is 13.8 Å². The lowest BCUT2D eigenvalue weighted by molar-refractivity contribution is 0.0981. The van der Waals surface area contributed by atoms with Crippen LogP contribution < -0.4 is 4.72 Å². The standard InChI is InChI=1S/C12H13FN2O3S/c1-12(2,7-14)8-19(17,18)15-11(16)9-3-5-10(13)6-4-9/h3-6H,8H2,1-2H3,(H,15,16). The van der Waals surface area contributed by atoms with E-state index in [9.17, 15) is 17.6 Å². The van der Waals surface area contributed by atoms with Gasteiger partial charge in [-0.15, -0.1) is 0 Å². The first-order valence-electron chi connectivity index (χ1n) is 5.37. The molecule has 0 aliphatic heterocycles. The number of carbonyl (C=O) groups excluding carboxylic acids is 1. The highest BCUT2D eigenvalue weighted by Crippen LogP contribution is 2.15. The van der Waals surface area contributed by atoms with Gasteiger partial charge in [0.25, 0.3) is 5.91 Å². The van der Waals surface area contributed by atoms with E-state index in [2.05, 4.69) is 0 Å². The van der Waals surface area contributed by atoms with Gasteiger partial charge in [0.05, 0.1) is 17.2 Å². The van der Waals surface area contributed by atoms with Crippen LogP contribution in [0.3, 0.4) is 0 Å². The minimum atomic E-state index is -3.92. The van der Waals surface area contributed by atoms with Crippen LogP contribution in [-0.4, -0.2) is 20.1 Å². The van der Waals surface area contributed by atoms with E-state index in [0.29, 0.717) is 0 Å². The highest BCUT2D eigenvalue weighted by Gasteiger charge is 2.27. The van der Waals surface area contributed by atoms with Crippen molar-refractivity contribution in [1.82, 2.24) is 4.72 Å². The van der Waals surface area contributed by atoms with Gasteiger partial charge in [-0.1, -0.05) is 0 Å². The number of nitrogens with zero attached hydrogens (tertiary/aromatic N) is 1. The molecule has 0 aliphatic rings. The van der Waals surface area contributed by atoms with Crippen LogP contribution in [0.2, 0.25) is 0 Å². The topological polar surface area (TPSA) is 87.0 Å². The van der Waals surface area contributed by atoms with Crippen molar-refractivity contribution in [3.05, 3.63) is 35.6 Å². The Balaban J connectivity index is 2.82. The Labute approximate surface area is 111 Å². The van der Waals surface area contributed by atoms with E-state index in [1.165, 1.54) is 26.0 Å². The van der Waals surface area contributed by atoms with Gasteiger partial charge in [-0.3, -0.25) is 4.79 Å². The lowest BCUT2D eigenvalue weighted by atomic mass is 10.00. The molecule has 0 bridgehead atoms. The molecular formula is C12H13FN2O3S. The Morgan fingerprint density at radius 2 is 1.89 bits per heavy atom. The molecule has 102 valence electrons. The molecule has 0 spiro atoms. The minimum Gasteiger partial charge on any atom is -0.268 e. The smallest absolute Gasteiger partial charge is 0.264 e. The molecule has 19 heavy (non-hydrogen) atoms. The SMILES string of the molecule is CC(C)(C#N)CS(=O)(=O)NC(=O)c1ccc(F)cc1. The molecule has 0 aromatic heterocycles. The number of rotatable bonds is 4. The molecule has 1 aromatic rings. The average molecular weight is 284 g/mol. The van der Waals surface area contributed by atoms with Crippen molar-refractivity contribution in [1.29, 1.82) is 5.26 Å². The fourth-order valence-corrected chi connectivity index (χ4v) is 2.83. The summed E-state index contributed by atoms with van der Waals surface area (Å²) in [6.07, 6.45) is 0. The first-order chi connectivity index (χ1) is 8.65. The summed E-state index contributed by atoms with van der Waals surface area (Å²) in [6.45, 7) is 2.91. The number of amides is 1. The normalized spacial score (nSPS) is 11.7. The molecule has 0 heterocycles. The number of hydrogen-bond acceptors (Lipinski definition) is 4. The predicted molar refractivity (Wildman–Crippen MR) is 67.0 cm³/mol. The second kappa shape index (κ2) is 5.36. The Hall–Kier alpha value is -1.94. The number of hydrogen-bond donors (Lipinski definition) is 1. The van der Waals surface area contributed by atoms with E-state index in [1.807, 2.05) is 10.8 Å². The van der Waals surface area contributed by atoms with Crippen LogP contribution in [0.4, 0.5) is 4.39 Å². The van der Waals surface area contributed by atoms with Gasteiger partial charge in [0.15, 0.2) is 0 Å². The van der Waals surface area contributed by atoms with E-state index in [1.54, 1.807) is 0 Å². The molecule has 5 nitrogen and oxygen atoms in total. The van der Waals surface area contributed by atoms with Gasteiger partial charge in [0.1, 0.15) is 5.82 Å². The van der Waals surface area contributed by atoms with E-state index in [-0.39, 0.29) is 5.56 Å². The fourth-order valence-electron chi connectivity index (χ4n) is 1.34. The van der Waals surface area contributed by atoms with Crippen LogP contribution in [0.5, 0.6) is 0 Å². The third kappa shape index (κ3) is 4.67. The number of halogens is 1. The quantitative estimate of drug-likeness (QED) is 0.906. The number of sulfonamides is 1. The van der Waals surface area contributed by atoms with Gasteiger partial charge in [0, 0.05) is 5.56 Å². The zero-order valence-electron chi connectivity index (χ0n) is 10.5. The Morgan fingerprint density at radius 3 is 2.37 bits per heavy atom. The summed E-state index contributed by atoms with van der Waals surface area (Å²) in [5, 5.41) is 8.77. The molecule has 0 unspecified atom stereocenters. The molecule has 1 amide bonds. The molecule has 0 radical (unpaired) electrons. The first-order valence-corrected chi connectivity index (χ1v) is 7.02. The molecule has 0 saturated carbocycles. The molecule has 1 N–H and O–H groups in total. The summed E-state index contributed by atoms with van der Waals surface area (Å²) in [5.41, 5.74) is -1.07. The van der Waals surface area contributed by atoms with Crippen LogP contribution in [0.1, 0.15) is 24.2 Å². The van der Waals surface area contributed by atoms with Crippen LogP contribution in [0.25, 0.3) is 0 Å². The summed E-state index contributed by atoms with van der Waals surface area (Å²) in [4.78, 5) is 11.7. The second-order valence-corrected chi connectivity index (χ2v) is 6.42. The van der Waals surface area contributed by atoms with Crippen LogP contribution in [0, 0.1) is 22.6 Å². The average Bonchev–Trinajstić information content (AvgIpc) is 2.27. The zero-order chi connectivity index (χ0) is 14.7. The predicted octanol–water partition coefficient (Wildman–Crippen LogP) is 1.44. The number of carbonyl (C=O) groups is 1. The van der Waals surface area contributed by atoms with Gasteiger partial charge in [-0.05, 0) is 38.1 Å². The second-order valence-electron chi connectivity index (χ2n) is 4.69. The Kier molecular flexibility index (Phi) is 4.27. The van der Waals surface area contributed by atoms with Crippen molar-refractivity contribution >= 4 is 15.9 Å². The molecule has 7 heteroatoms. The lowest BCUT2D eigenvalue weighted by Gasteiger charge is -2.15. The largest absolute Gasteiger partial charge is 0.268 e. The van der Waals surface area contributed by atoms with Crippen LogP contribution >= 0.6 is 0 Å². The van der Waals surface area contributed by atoms with Crippen molar-refractivity contribution in [3.8, 4) is 6.07 Å². The maximum absolute atomic E-state index is 12.7. The van der Waals surface area contributed by atoms with Gasteiger partial charge in [-0.2, -0.15) is 5.26 Å². The summed E-state index contributed by atoms with van der Waals surface area (Å²) in [5.74, 6) is -1.87. The van der Waals surface area contributed by atoms with E-state index in [0.717, 1.165) is 12.1 Å². The Morgan fingerprint density at radius 1 is 1.37 bits per heavy atom. The summed E-state index contributed by atoms with van der Waals surface area (Å²) in [6, 6.07) is 6.30. The van der Waals surface area contributed by atoms with E-state index in [4.69, 9.17) is 5.26 Å². The summed E-state index contributed by atoms with van der Waals surface area (Å²) < 4.78 is 37.9. The monoisotopic (exact) mass is 284 g/mol. The van der Waals surface area contributed by atoms with Crippen molar-refractivity contribution in [2.75, 3.05) is 5.75 Å². The first kappa shape index (κ1) is 15.1. The molecule has 1 rings (SSSR count). The third-order valence-corrected chi connectivity index (χ3v) is 3.81. The number of benzene rings is 1. The highest BCUT2D eigenvalue weighted by molar-refractivity contribution is 7.90. The van der Waals surface area contributed by atoms with Crippen molar-refractivity contribution < 1.29 is 17.6 Å². The number of nitriles is 1. The fraction of sp³-hybridized carbons (Fsp3) is 0.333. The van der Waals surface area contributed by atoms with Crippen LogP contribution in [0.15, 0.2) is 24.3 Å². The van der Waals surface area contributed by atoms with Gasteiger partial charge >= 0.3 is 0 Å². The van der Waals surface area contributed by atoms with Crippen molar-refractivity contribution in [2.24, 2.45) is 5.41 Å². The lowest BCUT2D eigenvalue weighted by Crippen LogP contribution is -2.37. The molecule has 1 aromatic carbocycles. The Bertz CT molecular complexity index is 615. The molecule has 0 aliphatic carbocycles. The third-order valence-electron chi connectivity index (χ3n) is 2.21. The molecule has 0 fully saturated rings. The zero-order valence-corrected chi connectivity index (χ0v) is 11.3. The summed E-state index contributed by atoms with van der Waals surface area (Å²) >= 11 is 0. The highest BCUT2D eigenvalue weighted by atomic mass is 32.2. The maximum Gasteiger partial charge on any atom is 0.264 e.